The highest BCUT2D eigenvalue weighted by Crippen LogP contribution is 2.23. The molecule has 5 heteroatoms. The highest BCUT2D eigenvalue weighted by molar-refractivity contribution is 5.81. The lowest BCUT2D eigenvalue weighted by Gasteiger charge is -2.18. The SMILES string of the molecule is C=C[CH]N(O)C(=O)[C@H]1COC(C)(C)O1. The summed E-state index contributed by atoms with van der Waals surface area (Å²) in [5.41, 5.74) is 0. The molecule has 5 nitrogen and oxygen atoms in total. The summed E-state index contributed by atoms with van der Waals surface area (Å²) < 4.78 is 10.4. The zero-order valence-electron chi connectivity index (χ0n) is 8.27. The zero-order chi connectivity index (χ0) is 10.8. The van der Waals surface area contributed by atoms with E-state index >= 15 is 0 Å². The zero-order valence-corrected chi connectivity index (χ0v) is 8.27. The molecular formula is C9H14NO4. The Hall–Kier alpha value is -0.910. The monoisotopic (exact) mass is 200 g/mol. The van der Waals surface area contributed by atoms with Crippen LogP contribution < -0.4 is 0 Å². The first-order valence-corrected chi connectivity index (χ1v) is 4.26. The maximum atomic E-state index is 11.4. The molecule has 1 heterocycles. The van der Waals surface area contributed by atoms with Crippen molar-refractivity contribution in [2.45, 2.75) is 25.7 Å². The van der Waals surface area contributed by atoms with Crippen LogP contribution in [-0.2, 0) is 14.3 Å². The van der Waals surface area contributed by atoms with E-state index in [1.165, 1.54) is 6.08 Å². The van der Waals surface area contributed by atoms with Gasteiger partial charge in [0.1, 0.15) is 6.54 Å². The third-order valence-corrected chi connectivity index (χ3v) is 1.76. The molecule has 1 atom stereocenters. The van der Waals surface area contributed by atoms with E-state index in [4.69, 9.17) is 14.7 Å². The van der Waals surface area contributed by atoms with Gasteiger partial charge in [-0.3, -0.25) is 10.0 Å². The highest BCUT2D eigenvalue weighted by Gasteiger charge is 2.38. The molecule has 1 amide bonds. The van der Waals surface area contributed by atoms with E-state index in [9.17, 15) is 4.79 Å². The van der Waals surface area contributed by atoms with Crippen molar-refractivity contribution in [1.29, 1.82) is 0 Å². The smallest absolute Gasteiger partial charge is 0.278 e. The Kier molecular flexibility index (Phi) is 3.25. The van der Waals surface area contributed by atoms with Crippen LogP contribution in [0.1, 0.15) is 13.8 Å². The number of carbonyl (C=O) groups excluding carboxylic acids is 1. The standard InChI is InChI=1S/C9H14NO4/c1-4-5-10(12)8(11)7-6-13-9(2,3)14-7/h4-5,7,12H,1,6H2,2-3H3/t7-/m1/s1. The number of carbonyl (C=O) groups is 1. The molecule has 0 aromatic heterocycles. The maximum Gasteiger partial charge on any atom is 0.278 e. The summed E-state index contributed by atoms with van der Waals surface area (Å²) in [4.78, 5) is 11.4. The fourth-order valence-electron chi connectivity index (χ4n) is 1.13. The molecule has 0 unspecified atom stereocenters. The van der Waals surface area contributed by atoms with Crippen molar-refractivity contribution < 1.29 is 19.5 Å². The van der Waals surface area contributed by atoms with Crippen LogP contribution in [0.15, 0.2) is 12.7 Å². The van der Waals surface area contributed by atoms with Crippen molar-refractivity contribution >= 4 is 5.91 Å². The predicted molar refractivity (Wildman–Crippen MR) is 48.0 cm³/mol. The average molecular weight is 200 g/mol. The van der Waals surface area contributed by atoms with Crippen LogP contribution in [0.5, 0.6) is 0 Å². The maximum absolute atomic E-state index is 11.4. The Bertz CT molecular complexity index is 239. The Morgan fingerprint density at radius 1 is 1.71 bits per heavy atom. The Labute approximate surface area is 82.9 Å². The highest BCUT2D eigenvalue weighted by atomic mass is 16.7. The number of rotatable bonds is 3. The molecule has 0 aliphatic carbocycles. The van der Waals surface area contributed by atoms with Crippen LogP contribution in [0.4, 0.5) is 0 Å². The van der Waals surface area contributed by atoms with Crippen LogP contribution in [0.3, 0.4) is 0 Å². The van der Waals surface area contributed by atoms with Crippen LogP contribution in [0, 0.1) is 6.54 Å². The second-order valence-corrected chi connectivity index (χ2v) is 3.38. The minimum Gasteiger partial charge on any atom is -0.347 e. The number of hydroxylamine groups is 2. The first-order valence-electron chi connectivity index (χ1n) is 4.26. The van der Waals surface area contributed by atoms with E-state index in [1.807, 2.05) is 0 Å². The quantitative estimate of drug-likeness (QED) is 0.538. The molecule has 0 saturated carbocycles. The summed E-state index contributed by atoms with van der Waals surface area (Å²) in [6.07, 6.45) is 0.546. The van der Waals surface area contributed by atoms with Gasteiger partial charge >= 0.3 is 0 Å². The molecule has 0 spiro atoms. The minimum atomic E-state index is -0.769. The summed E-state index contributed by atoms with van der Waals surface area (Å²) in [6, 6.07) is 0. The van der Waals surface area contributed by atoms with Crippen molar-refractivity contribution in [1.82, 2.24) is 5.06 Å². The fourth-order valence-corrected chi connectivity index (χ4v) is 1.13. The number of amides is 1. The molecule has 1 N–H and O–H groups in total. The molecule has 0 aromatic carbocycles. The van der Waals surface area contributed by atoms with Gasteiger partial charge < -0.3 is 9.47 Å². The Morgan fingerprint density at radius 3 is 2.79 bits per heavy atom. The first-order chi connectivity index (χ1) is 6.46. The van der Waals surface area contributed by atoms with Crippen LogP contribution in [0.25, 0.3) is 0 Å². The number of hydrogen-bond acceptors (Lipinski definition) is 4. The lowest BCUT2D eigenvalue weighted by Crippen LogP contribution is -2.37. The summed E-state index contributed by atoms with van der Waals surface area (Å²) in [6.45, 7) is 8.07. The van der Waals surface area contributed by atoms with Crippen LogP contribution in [-0.4, -0.2) is 34.7 Å². The van der Waals surface area contributed by atoms with Gasteiger partial charge in [0.05, 0.1) is 6.61 Å². The van der Waals surface area contributed by atoms with Gasteiger partial charge in [0.25, 0.3) is 5.91 Å². The fraction of sp³-hybridized carbons (Fsp3) is 0.556. The molecule has 1 aliphatic rings. The van der Waals surface area contributed by atoms with E-state index in [2.05, 4.69) is 6.58 Å². The van der Waals surface area contributed by atoms with Gasteiger partial charge in [-0.25, -0.2) is 5.06 Å². The minimum absolute atomic E-state index is 0.147. The molecule has 1 saturated heterocycles. The van der Waals surface area contributed by atoms with Gasteiger partial charge in [-0.05, 0) is 13.8 Å². The third-order valence-electron chi connectivity index (χ3n) is 1.76. The Morgan fingerprint density at radius 2 is 2.36 bits per heavy atom. The first kappa shape index (κ1) is 11.2. The lowest BCUT2D eigenvalue weighted by molar-refractivity contribution is -0.179. The average Bonchev–Trinajstić information content (AvgIpc) is 2.45. The molecule has 0 bridgehead atoms. The van der Waals surface area contributed by atoms with Gasteiger partial charge in [-0.1, -0.05) is 6.08 Å². The Balaban J connectivity index is 2.51. The van der Waals surface area contributed by atoms with E-state index in [1.54, 1.807) is 13.8 Å². The second-order valence-electron chi connectivity index (χ2n) is 3.38. The topological polar surface area (TPSA) is 59.0 Å². The molecule has 1 aliphatic heterocycles. The van der Waals surface area contributed by atoms with E-state index in [-0.39, 0.29) is 6.61 Å². The van der Waals surface area contributed by atoms with Crippen molar-refractivity contribution in [3.8, 4) is 0 Å². The van der Waals surface area contributed by atoms with Crippen LogP contribution >= 0.6 is 0 Å². The normalized spacial score (nSPS) is 24.6. The van der Waals surface area contributed by atoms with Crippen molar-refractivity contribution in [3.63, 3.8) is 0 Å². The molecule has 0 aromatic rings. The molecule has 79 valence electrons. The van der Waals surface area contributed by atoms with E-state index in [0.717, 1.165) is 6.54 Å². The predicted octanol–water partition coefficient (Wildman–Crippen LogP) is 0.703. The molecule has 1 radical (unpaired) electrons. The van der Waals surface area contributed by atoms with Gasteiger partial charge in [-0.2, -0.15) is 0 Å². The third kappa shape index (κ3) is 2.54. The second kappa shape index (κ2) is 4.08. The van der Waals surface area contributed by atoms with E-state index in [0.29, 0.717) is 5.06 Å². The number of nitrogens with zero attached hydrogens (tertiary/aromatic N) is 1. The summed E-state index contributed by atoms with van der Waals surface area (Å²) in [5, 5.41) is 9.62. The van der Waals surface area contributed by atoms with Crippen molar-refractivity contribution in [2.75, 3.05) is 6.61 Å². The summed E-state index contributed by atoms with van der Waals surface area (Å²) in [5.74, 6) is -1.33. The molecule has 14 heavy (non-hydrogen) atoms. The molecular weight excluding hydrogens is 186 g/mol. The molecule has 1 rings (SSSR count). The van der Waals surface area contributed by atoms with Gasteiger partial charge in [-0.15, -0.1) is 6.58 Å². The van der Waals surface area contributed by atoms with Crippen molar-refractivity contribution in [3.05, 3.63) is 19.2 Å². The summed E-state index contributed by atoms with van der Waals surface area (Å²) >= 11 is 0. The van der Waals surface area contributed by atoms with Gasteiger partial charge in [0.2, 0.25) is 0 Å². The van der Waals surface area contributed by atoms with Crippen LogP contribution in [0.2, 0.25) is 0 Å². The van der Waals surface area contributed by atoms with E-state index < -0.39 is 17.8 Å². The van der Waals surface area contributed by atoms with Crippen molar-refractivity contribution in [2.24, 2.45) is 0 Å². The summed E-state index contributed by atoms with van der Waals surface area (Å²) in [7, 11) is 0. The van der Waals surface area contributed by atoms with Gasteiger partial charge in [0, 0.05) is 0 Å². The lowest BCUT2D eigenvalue weighted by atomic mass is 10.3. The number of hydrogen-bond donors (Lipinski definition) is 1. The molecule has 1 fully saturated rings. The number of ether oxygens (including phenoxy) is 2. The largest absolute Gasteiger partial charge is 0.347 e. The van der Waals surface area contributed by atoms with Gasteiger partial charge in [0.15, 0.2) is 11.9 Å².